The molecule has 0 atom stereocenters. The van der Waals surface area contributed by atoms with Crippen LogP contribution in [0.5, 0.6) is 11.5 Å². The number of hydrogen-bond donors (Lipinski definition) is 2. The molecular formula is C36H42N2O2+2. The van der Waals surface area contributed by atoms with Crippen molar-refractivity contribution in [2.45, 2.75) is 64.5 Å². The number of aryl methyl sites for hydroxylation is 2. The molecular weight excluding hydrogens is 492 g/mol. The SMILES string of the molecule is Oc1ccc(/C=C/c2cc[n+](CCCCCCCCCC[n+]3ccc(/C=C/c4ccc(O)cc4)cc3)cc2)cc1. The maximum absolute atomic E-state index is 9.38. The fourth-order valence-corrected chi connectivity index (χ4v) is 4.66. The molecule has 2 N–H and O–H groups in total. The van der Waals surface area contributed by atoms with Crippen molar-refractivity contribution < 1.29 is 19.3 Å². The summed E-state index contributed by atoms with van der Waals surface area (Å²) in [5, 5.41) is 18.8. The largest absolute Gasteiger partial charge is 0.508 e. The number of nitrogens with zero attached hydrogens (tertiary/aromatic N) is 2. The van der Waals surface area contributed by atoms with Gasteiger partial charge in [-0.15, -0.1) is 0 Å². The lowest BCUT2D eigenvalue weighted by Crippen LogP contribution is -2.32. The van der Waals surface area contributed by atoms with Crippen molar-refractivity contribution in [3.05, 3.63) is 120 Å². The zero-order chi connectivity index (χ0) is 27.8. The predicted octanol–water partition coefficient (Wildman–Crippen LogP) is 7.83. The summed E-state index contributed by atoms with van der Waals surface area (Å²) in [6, 6.07) is 23.1. The molecule has 4 heteroatoms. The molecule has 0 saturated carbocycles. The Morgan fingerprint density at radius 1 is 0.375 bits per heavy atom. The van der Waals surface area contributed by atoms with E-state index in [2.05, 4.69) is 82.5 Å². The minimum absolute atomic E-state index is 0.295. The van der Waals surface area contributed by atoms with Crippen LogP contribution in [0.4, 0.5) is 0 Å². The second kappa shape index (κ2) is 16.0. The summed E-state index contributed by atoms with van der Waals surface area (Å²) in [6.07, 6.45) is 27.3. The molecule has 0 fully saturated rings. The van der Waals surface area contributed by atoms with E-state index in [4.69, 9.17) is 0 Å². The van der Waals surface area contributed by atoms with Crippen molar-refractivity contribution in [3.8, 4) is 11.5 Å². The molecule has 0 bridgehead atoms. The number of rotatable bonds is 15. The average Bonchev–Trinajstić information content (AvgIpc) is 2.99. The number of aromatic nitrogens is 2. The normalized spacial score (nSPS) is 11.5. The van der Waals surface area contributed by atoms with Crippen LogP contribution in [0.1, 0.15) is 73.6 Å². The Balaban J connectivity index is 1.01. The van der Waals surface area contributed by atoms with Crippen molar-refractivity contribution in [1.82, 2.24) is 0 Å². The summed E-state index contributed by atoms with van der Waals surface area (Å²) >= 11 is 0. The molecule has 0 aliphatic carbocycles. The van der Waals surface area contributed by atoms with Crippen molar-refractivity contribution in [2.24, 2.45) is 0 Å². The molecule has 2 heterocycles. The quantitative estimate of drug-likeness (QED) is 0.121. The van der Waals surface area contributed by atoms with E-state index >= 15 is 0 Å². The highest BCUT2D eigenvalue weighted by Gasteiger charge is 2.02. The van der Waals surface area contributed by atoms with Crippen molar-refractivity contribution in [1.29, 1.82) is 0 Å². The molecule has 4 aromatic rings. The zero-order valence-electron chi connectivity index (χ0n) is 23.4. The highest BCUT2D eigenvalue weighted by atomic mass is 16.3. The van der Waals surface area contributed by atoms with E-state index in [0.717, 1.165) is 24.2 Å². The van der Waals surface area contributed by atoms with Gasteiger partial charge in [-0.05, 0) is 59.4 Å². The van der Waals surface area contributed by atoms with Gasteiger partial charge in [0.1, 0.15) is 24.6 Å². The van der Waals surface area contributed by atoms with Gasteiger partial charge in [-0.1, -0.05) is 74.3 Å². The molecule has 2 aromatic heterocycles. The van der Waals surface area contributed by atoms with Crippen LogP contribution in [0, 0.1) is 0 Å². The van der Waals surface area contributed by atoms with E-state index in [1.807, 2.05) is 24.3 Å². The third kappa shape index (κ3) is 10.5. The standard InChI is InChI=1S/C36H40N2O2/c39-35-17-13-31(14-18-35)9-11-33-21-27-37(28-22-33)25-7-5-3-1-2-4-6-8-26-38-29-23-34(24-30-38)12-10-32-15-19-36(40)20-16-32/h9-24,27-30H,1-8,25-26H2/p+2. The van der Waals surface area contributed by atoms with Gasteiger partial charge in [-0.25, -0.2) is 9.13 Å². The van der Waals surface area contributed by atoms with Gasteiger partial charge in [0.25, 0.3) is 0 Å². The van der Waals surface area contributed by atoms with Gasteiger partial charge in [-0.3, -0.25) is 0 Å². The number of pyridine rings is 2. The van der Waals surface area contributed by atoms with Crippen LogP contribution in [0.15, 0.2) is 97.6 Å². The number of benzene rings is 2. The van der Waals surface area contributed by atoms with Crippen LogP contribution in [0.25, 0.3) is 24.3 Å². The summed E-state index contributed by atoms with van der Waals surface area (Å²) < 4.78 is 4.54. The first-order valence-electron chi connectivity index (χ1n) is 14.6. The summed E-state index contributed by atoms with van der Waals surface area (Å²) in [6.45, 7) is 2.15. The average molecular weight is 535 g/mol. The Hall–Kier alpha value is -4.18. The minimum atomic E-state index is 0.295. The molecule has 0 radical (unpaired) electrons. The van der Waals surface area contributed by atoms with E-state index in [9.17, 15) is 10.2 Å². The Bertz CT molecular complexity index is 1220. The summed E-state index contributed by atoms with van der Waals surface area (Å²) in [7, 11) is 0. The lowest BCUT2D eigenvalue weighted by molar-refractivity contribution is -0.697. The molecule has 40 heavy (non-hydrogen) atoms. The Kier molecular flexibility index (Phi) is 11.6. The van der Waals surface area contributed by atoms with Gasteiger partial charge >= 0.3 is 0 Å². The molecule has 0 spiro atoms. The number of phenols is 2. The maximum atomic E-state index is 9.38. The highest BCUT2D eigenvalue weighted by Crippen LogP contribution is 2.14. The Labute approximate surface area is 239 Å². The predicted molar refractivity (Wildman–Crippen MR) is 164 cm³/mol. The smallest absolute Gasteiger partial charge is 0.169 e. The first-order chi connectivity index (χ1) is 19.6. The van der Waals surface area contributed by atoms with Crippen LogP contribution < -0.4 is 9.13 Å². The lowest BCUT2D eigenvalue weighted by atomic mass is 10.1. The first-order valence-corrected chi connectivity index (χ1v) is 14.6. The van der Waals surface area contributed by atoms with Crippen molar-refractivity contribution in [2.75, 3.05) is 0 Å². The van der Waals surface area contributed by atoms with E-state index in [1.54, 1.807) is 24.3 Å². The van der Waals surface area contributed by atoms with Crippen molar-refractivity contribution >= 4 is 24.3 Å². The van der Waals surface area contributed by atoms with Crippen LogP contribution in [-0.2, 0) is 13.1 Å². The summed E-state index contributed by atoms with van der Waals surface area (Å²) in [5.41, 5.74) is 4.52. The molecule has 0 unspecified atom stereocenters. The lowest BCUT2D eigenvalue weighted by Gasteiger charge is -2.02. The second-order valence-electron chi connectivity index (χ2n) is 10.4. The highest BCUT2D eigenvalue weighted by molar-refractivity contribution is 5.70. The van der Waals surface area contributed by atoms with E-state index in [0.29, 0.717) is 11.5 Å². The molecule has 206 valence electrons. The zero-order valence-corrected chi connectivity index (χ0v) is 23.4. The number of aromatic hydroxyl groups is 2. The molecule has 0 aliphatic heterocycles. The van der Waals surface area contributed by atoms with Crippen LogP contribution in [-0.4, -0.2) is 10.2 Å². The number of hydrogen-bond acceptors (Lipinski definition) is 2. The molecule has 0 amide bonds. The van der Waals surface area contributed by atoms with E-state index in [-0.39, 0.29) is 0 Å². The maximum Gasteiger partial charge on any atom is 0.169 e. The number of phenolic OH excluding ortho intramolecular Hbond substituents is 2. The Morgan fingerprint density at radius 3 is 0.975 bits per heavy atom. The third-order valence-corrected chi connectivity index (χ3v) is 7.14. The summed E-state index contributed by atoms with van der Waals surface area (Å²) in [4.78, 5) is 0. The van der Waals surface area contributed by atoms with Gasteiger partial charge < -0.3 is 10.2 Å². The molecule has 0 saturated heterocycles. The van der Waals surface area contributed by atoms with E-state index in [1.165, 1.54) is 62.5 Å². The van der Waals surface area contributed by atoms with Gasteiger partial charge in [-0.2, -0.15) is 0 Å². The van der Waals surface area contributed by atoms with E-state index < -0.39 is 0 Å². The molecule has 2 aromatic carbocycles. The monoisotopic (exact) mass is 534 g/mol. The third-order valence-electron chi connectivity index (χ3n) is 7.14. The topological polar surface area (TPSA) is 48.2 Å². The van der Waals surface area contributed by atoms with Crippen LogP contribution in [0.3, 0.4) is 0 Å². The van der Waals surface area contributed by atoms with Crippen LogP contribution >= 0.6 is 0 Å². The summed E-state index contributed by atoms with van der Waals surface area (Å²) in [5.74, 6) is 0.590. The minimum Gasteiger partial charge on any atom is -0.508 e. The van der Waals surface area contributed by atoms with Gasteiger partial charge in [0.15, 0.2) is 24.8 Å². The second-order valence-corrected chi connectivity index (χ2v) is 10.4. The fourth-order valence-electron chi connectivity index (χ4n) is 4.66. The first kappa shape index (κ1) is 28.8. The van der Waals surface area contributed by atoms with Crippen LogP contribution in [0.2, 0.25) is 0 Å². The van der Waals surface area contributed by atoms with Gasteiger partial charge in [0, 0.05) is 37.1 Å². The van der Waals surface area contributed by atoms with Crippen molar-refractivity contribution in [3.63, 3.8) is 0 Å². The molecule has 4 nitrogen and oxygen atoms in total. The van der Waals surface area contributed by atoms with Gasteiger partial charge in [0.05, 0.1) is 0 Å². The number of unbranched alkanes of at least 4 members (excludes halogenated alkanes) is 7. The molecule has 0 aliphatic rings. The van der Waals surface area contributed by atoms with Gasteiger partial charge in [0.2, 0.25) is 0 Å². The fraction of sp³-hybridized carbons (Fsp3) is 0.278. The molecule has 4 rings (SSSR count). The Morgan fingerprint density at radius 2 is 0.650 bits per heavy atom.